The van der Waals surface area contributed by atoms with Crippen molar-refractivity contribution in [1.29, 1.82) is 0 Å². The van der Waals surface area contributed by atoms with Gasteiger partial charge < -0.3 is 35.9 Å². The molecule has 236 valence electrons. The first-order chi connectivity index (χ1) is 21.8. The van der Waals surface area contributed by atoms with E-state index in [1.807, 2.05) is 36.4 Å². The number of esters is 1. The lowest BCUT2D eigenvalue weighted by molar-refractivity contribution is -0.145. The van der Waals surface area contributed by atoms with Gasteiger partial charge in [-0.15, -0.1) is 0 Å². The maximum absolute atomic E-state index is 13.5. The minimum atomic E-state index is -0.990. The molecule has 1 aliphatic rings. The second-order valence-electron chi connectivity index (χ2n) is 10.6. The number of amides is 2. The fraction of sp³-hybridized carbons (Fsp3) is 0.286. The molecular formula is C35H40N4O6. The van der Waals surface area contributed by atoms with Crippen molar-refractivity contribution in [1.82, 2.24) is 16.0 Å². The molecule has 0 saturated carbocycles. The lowest BCUT2D eigenvalue weighted by Gasteiger charge is -2.23. The van der Waals surface area contributed by atoms with Gasteiger partial charge in [0, 0.05) is 18.9 Å². The Morgan fingerprint density at radius 1 is 0.933 bits per heavy atom. The molecule has 0 aromatic heterocycles. The van der Waals surface area contributed by atoms with Gasteiger partial charge in [-0.2, -0.15) is 0 Å². The fourth-order valence-corrected chi connectivity index (χ4v) is 5.33. The number of carbonyl (C=O) groups is 3. The topological polar surface area (TPSA) is 141 Å². The number of nitrogens with one attached hydrogen (secondary N) is 3. The summed E-state index contributed by atoms with van der Waals surface area (Å²) in [5, 5.41) is 8.36. The van der Waals surface area contributed by atoms with E-state index in [0.29, 0.717) is 31.1 Å². The first kappa shape index (κ1) is 32.7. The number of benzene rings is 3. The number of hydrogen-bond donors (Lipinski definition) is 4. The highest BCUT2D eigenvalue weighted by Gasteiger charge is 2.31. The van der Waals surface area contributed by atoms with E-state index in [2.05, 4.69) is 41.2 Å². The van der Waals surface area contributed by atoms with E-state index in [1.165, 1.54) is 7.11 Å². The third-order valence-electron chi connectivity index (χ3n) is 7.51. The molecule has 2 amide bonds. The highest BCUT2D eigenvalue weighted by Crippen LogP contribution is 2.44. The number of fused-ring (bicyclic) bond motifs is 3. The summed E-state index contributed by atoms with van der Waals surface area (Å²) in [5.41, 5.74) is 10.8. The van der Waals surface area contributed by atoms with E-state index in [4.69, 9.17) is 19.9 Å². The Morgan fingerprint density at radius 3 is 2.18 bits per heavy atom. The van der Waals surface area contributed by atoms with Crippen molar-refractivity contribution in [2.75, 3.05) is 26.9 Å². The fourth-order valence-electron chi connectivity index (χ4n) is 5.33. The normalized spacial score (nSPS) is 12.9. The van der Waals surface area contributed by atoms with Crippen molar-refractivity contribution in [3.05, 3.63) is 115 Å². The molecule has 45 heavy (non-hydrogen) atoms. The summed E-state index contributed by atoms with van der Waals surface area (Å²) in [6.07, 6.45) is 1.81. The van der Waals surface area contributed by atoms with Crippen LogP contribution in [0.25, 0.3) is 11.1 Å². The molecule has 0 heterocycles. The van der Waals surface area contributed by atoms with Crippen LogP contribution in [0.2, 0.25) is 0 Å². The summed E-state index contributed by atoms with van der Waals surface area (Å²) in [4.78, 5) is 39.3. The number of carbonyl (C=O) groups excluding carboxylic acids is 3. The average molecular weight is 613 g/mol. The van der Waals surface area contributed by atoms with Crippen LogP contribution >= 0.6 is 0 Å². The Balaban J connectivity index is 1.42. The van der Waals surface area contributed by atoms with Gasteiger partial charge in [0.25, 0.3) is 0 Å². The van der Waals surface area contributed by atoms with Crippen molar-refractivity contribution >= 4 is 18.0 Å². The molecule has 1 aliphatic carbocycles. The van der Waals surface area contributed by atoms with Crippen molar-refractivity contribution in [3.8, 4) is 16.9 Å². The predicted molar refractivity (Wildman–Crippen MR) is 172 cm³/mol. The van der Waals surface area contributed by atoms with E-state index >= 15 is 0 Å². The third kappa shape index (κ3) is 8.88. The van der Waals surface area contributed by atoms with Crippen LogP contribution < -0.4 is 26.4 Å². The van der Waals surface area contributed by atoms with Crippen LogP contribution in [0.3, 0.4) is 0 Å². The van der Waals surface area contributed by atoms with Crippen LogP contribution in [0.5, 0.6) is 5.75 Å². The molecule has 10 nitrogen and oxygen atoms in total. The number of rotatable bonds is 16. The zero-order chi connectivity index (χ0) is 32.2. The molecule has 3 aromatic rings. The lowest BCUT2D eigenvalue weighted by Crippen LogP contribution is -2.52. The lowest BCUT2D eigenvalue weighted by atomic mass is 9.98. The van der Waals surface area contributed by atoms with Crippen molar-refractivity contribution in [2.24, 2.45) is 5.73 Å². The molecule has 0 bridgehead atoms. The van der Waals surface area contributed by atoms with Gasteiger partial charge in [0.2, 0.25) is 5.91 Å². The highest BCUT2D eigenvalue weighted by molar-refractivity contribution is 5.90. The zero-order valence-electron chi connectivity index (χ0n) is 25.4. The average Bonchev–Trinajstić information content (AvgIpc) is 3.37. The van der Waals surface area contributed by atoms with Gasteiger partial charge in [0.15, 0.2) is 0 Å². The summed E-state index contributed by atoms with van der Waals surface area (Å²) in [5.74, 6) is -0.342. The number of nitrogens with two attached hydrogens (primary N) is 1. The summed E-state index contributed by atoms with van der Waals surface area (Å²) < 4.78 is 16.2. The Labute approximate surface area is 263 Å². The van der Waals surface area contributed by atoms with Crippen LogP contribution in [-0.2, 0) is 25.5 Å². The van der Waals surface area contributed by atoms with E-state index in [9.17, 15) is 14.4 Å². The molecule has 0 spiro atoms. The third-order valence-corrected chi connectivity index (χ3v) is 7.51. The van der Waals surface area contributed by atoms with E-state index in [-0.39, 0.29) is 25.4 Å². The Kier molecular flexibility index (Phi) is 11.6. The largest absolute Gasteiger partial charge is 0.490 e. The van der Waals surface area contributed by atoms with Crippen molar-refractivity contribution in [2.45, 2.75) is 37.3 Å². The molecule has 3 aromatic carbocycles. The van der Waals surface area contributed by atoms with Crippen molar-refractivity contribution in [3.63, 3.8) is 0 Å². The van der Waals surface area contributed by atoms with Crippen LogP contribution in [0.15, 0.2) is 97.9 Å². The number of alkyl carbamates (subject to hydrolysis) is 1. The maximum atomic E-state index is 13.5. The minimum Gasteiger partial charge on any atom is -0.490 e. The van der Waals surface area contributed by atoms with E-state index in [1.54, 1.807) is 30.3 Å². The molecule has 0 saturated heterocycles. The van der Waals surface area contributed by atoms with Gasteiger partial charge in [0.05, 0.1) is 12.9 Å². The predicted octanol–water partition coefficient (Wildman–Crippen LogP) is 4.16. The quantitative estimate of drug-likeness (QED) is 0.107. The summed E-state index contributed by atoms with van der Waals surface area (Å²) >= 11 is 0. The number of ether oxygens (including phenoxy) is 3. The van der Waals surface area contributed by atoms with Gasteiger partial charge in [-0.25, -0.2) is 9.59 Å². The molecule has 10 heteroatoms. The van der Waals surface area contributed by atoms with Gasteiger partial charge in [-0.3, -0.25) is 4.79 Å². The Morgan fingerprint density at radius 2 is 1.58 bits per heavy atom. The molecule has 0 radical (unpaired) electrons. The Hall–Kier alpha value is -5.25. The molecule has 0 unspecified atom stereocenters. The first-order valence-electron chi connectivity index (χ1n) is 14.8. The molecule has 5 N–H and O–H groups in total. The second kappa shape index (κ2) is 16.0. The van der Waals surface area contributed by atoms with E-state index in [0.717, 1.165) is 27.8 Å². The van der Waals surface area contributed by atoms with Gasteiger partial charge >= 0.3 is 12.1 Å². The van der Waals surface area contributed by atoms with Crippen molar-refractivity contribution < 1.29 is 28.6 Å². The SMILES string of the molecule is C=CCOc1ccc(C[C@H](NC(=O)[C@H](CCCNC(=C)N)NC(=O)OCC2c3ccccc3-c3ccccc32)C(=O)OC)cc1. The molecule has 2 atom stereocenters. The smallest absolute Gasteiger partial charge is 0.407 e. The number of methoxy groups -OCH3 is 1. The minimum absolute atomic E-state index is 0.0973. The van der Waals surface area contributed by atoms with Gasteiger partial charge in [0.1, 0.15) is 31.0 Å². The molecular weight excluding hydrogens is 572 g/mol. The van der Waals surface area contributed by atoms with Crippen LogP contribution in [-0.4, -0.2) is 56.9 Å². The van der Waals surface area contributed by atoms with E-state index < -0.39 is 30.1 Å². The molecule has 0 fully saturated rings. The standard InChI is InChI=1S/C35H40N4O6/c1-4-20-44-25-17-15-24(16-18-25)21-32(34(41)43-3)38-33(40)31(14-9-19-37-23(2)36)39-35(42)45-22-30-28-12-7-5-10-26(28)27-11-6-8-13-29(27)30/h4-8,10-13,15-18,30-32,37H,1-2,9,14,19-22,36H2,3H3,(H,38,40)(H,39,42)/t31-,32-/m0/s1. The van der Waals surface area contributed by atoms with Crippen LogP contribution in [0.1, 0.15) is 35.4 Å². The van der Waals surface area contributed by atoms with Gasteiger partial charge in [-0.05, 0) is 52.8 Å². The zero-order valence-corrected chi connectivity index (χ0v) is 25.4. The monoisotopic (exact) mass is 612 g/mol. The summed E-state index contributed by atoms with van der Waals surface area (Å²) in [7, 11) is 1.26. The van der Waals surface area contributed by atoms with Crippen LogP contribution in [0.4, 0.5) is 4.79 Å². The molecule has 4 rings (SSSR count). The molecule has 0 aliphatic heterocycles. The first-order valence-corrected chi connectivity index (χ1v) is 14.8. The summed E-state index contributed by atoms with van der Waals surface area (Å²) in [6.45, 7) is 8.15. The summed E-state index contributed by atoms with van der Waals surface area (Å²) in [6, 6.07) is 21.2. The highest BCUT2D eigenvalue weighted by atomic mass is 16.5. The van der Waals surface area contributed by atoms with Crippen LogP contribution in [0, 0.1) is 0 Å². The Bertz CT molecular complexity index is 1460. The maximum Gasteiger partial charge on any atom is 0.407 e. The van der Waals surface area contributed by atoms with Gasteiger partial charge in [-0.1, -0.05) is 79.9 Å². The number of hydrogen-bond acceptors (Lipinski definition) is 8. The second-order valence-corrected chi connectivity index (χ2v) is 10.6.